The summed E-state index contributed by atoms with van der Waals surface area (Å²) in [5.74, 6) is 2.45. The van der Waals surface area contributed by atoms with Crippen molar-refractivity contribution in [2.24, 2.45) is 5.92 Å². The van der Waals surface area contributed by atoms with Gasteiger partial charge in [-0.3, -0.25) is 9.28 Å². The van der Waals surface area contributed by atoms with Gasteiger partial charge in [0.15, 0.2) is 0 Å². The third kappa shape index (κ3) is 21.6. The highest BCUT2D eigenvalue weighted by Gasteiger charge is 2.44. The number of esters is 1. The average molecular weight is 1120 g/mol. The van der Waals surface area contributed by atoms with Gasteiger partial charge in [0.25, 0.3) is 0 Å². The van der Waals surface area contributed by atoms with E-state index in [1.165, 1.54) is 30.2 Å². The number of aromatic nitrogens is 2. The van der Waals surface area contributed by atoms with Crippen LogP contribution in [0.4, 0.5) is 4.79 Å². The number of quaternary nitrogens is 1. The van der Waals surface area contributed by atoms with Gasteiger partial charge in [0.1, 0.15) is 17.5 Å². The second-order valence-corrected chi connectivity index (χ2v) is 23.1. The zero-order valence-electron chi connectivity index (χ0n) is 50.6. The van der Waals surface area contributed by atoms with Gasteiger partial charge >= 0.3 is 18.0 Å². The normalized spacial score (nSPS) is 19.2. The number of likely N-dealkylation sites (tertiary alicyclic amines) is 2. The summed E-state index contributed by atoms with van der Waals surface area (Å²) < 4.78 is 22.0. The van der Waals surface area contributed by atoms with Crippen LogP contribution in [0.2, 0.25) is 0 Å². The number of methoxy groups -OCH3 is 2. The van der Waals surface area contributed by atoms with Crippen LogP contribution in [0.5, 0.6) is 11.5 Å². The lowest BCUT2D eigenvalue weighted by atomic mass is 9.81. The number of carbonyl (C=O) groups excluding carboxylic acids is 3. The Morgan fingerprint density at radius 1 is 0.646 bits per heavy atom. The van der Waals surface area contributed by atoms with E-state index in [-0.39, 0.29) is 18.2 Å². The van der Waals surface area contributed by atoms with Crippen molar-refractivity contribution in [3.63, 3.8) is 0 Å². The maximum atomic E-state index is 13.5. The number of hydrogen-bond donors (Lipinski definition) is 2. The SMILES string of the molecule is COc1ccc2[nH]cc(CC3CCC[N+]3(C)C(=O)CC/C=C\C/C=C\C/C=C\C/C=C\C/C=C\C/C=C\CCC(C)CCC/C=C\C/C=C\CCCCCCCC(=O)OCOC(=O)N3CCC(C)(c4c[nH]c5ccc(OC)cc45)C3)c2c1. The van der Waals surface area contributed by atoms with Crippen molar-refractivity contribution < 1.29 is 37.8 Å². The molecule has 0 spiro atoms. The summed E-state index contributed by atoms with van der Waals surface area (Å²) in [6.45, 7) is 6.23. The standard InChI is InChI=1S/C71H99N4O7/c1-58(40-35-31-27-23-19-15-13-17-21-25-29-33-37-43-69(77)81-57-82-70(78)74-49-48-71(2,56-74)65-55-73-67-47-45-62(80-5)53-64(65)67)39-34-30-26-22-18-14-11-9-7-6-8-10-12-16-20-24-28-32-36-42-68(76)75(3)50-38-41-60(75)51-59-54-72-66-46-44-61(79-4)52-63(59)66/h7-10,13-16,18,20,23,26-28,30,32,44-47,52-55,58,60,72-73H,6,11-12,17,19,21-22,24-25,29,31,33-43,48-51,56-57H2,1-5H3/q+1/b9-7-,10-8-,15-13-,18-14-,20-16-,27-23-,30-26-,32-28-. The van der Waals surface area contributed by atoms with Gasteiger partial charge in [-0.05, 0) is 150 Å². The molecule has 11 nitrogen and oxygen atoms in total. The minimum Gasteiger partial charge on any atom is -0.497 e. The van der Waals surface area contributed by atoms with E-state index in [4.69, 9.17) is 18.9 Å². The highest BCUT2D eigenvalue weighted by molar-refractivity contribution is 5.86. The number of H-pyrrole nitrogens is 2. The molecule has 4 heterocycles. The molecule has 2 N–H and O–H groups in total. The molecule has 0 radical (unpaired) electrons. The number of fused-ring (bicyclic) bond motifs is 2. The number of allylic oxidation sites excluding steroid dienone is 16. The minimum atomic E-state index is -0.454. The van der Waals surface area contributed by atoms with E-state index in [1.807, 2.05) is 30.5 Å². The van der Waals surface area contributed by atoms with Crippen LogP contribution in [0, 0.1) is 5.92 Å². The van der Waals surface area contributed by atoms with Crippen molar-refractivity contribution in [3.05, 3.63) is 157 Å². The molecule has 4 atom stereocenters. The van der Waals surface area contributed by atoms with E-state index in [0.717, 1.165) is 168 Å². The molecule has 82 heavy (non-hydrogen) atoms. The van der Waals surface area contributed by atoms with Crippen LogP contribution in [0.3, 0.4) is 0 Å². The Balaban J connectivity index is 0.660. The third-order valence-electron chi connectivity index (χ3n) is 16.8. The molecule has 0 saturated carbocycles. The number of nitrogens with one attached hydrogen (secondary N) is 2. The summed E-state index contributed by atoms with van der Waals surface area (Å²) >= 11 is 0. The van der Waals surface area contributed by atoms with Crippen molar-refractivity contribution in [2.75, 3.05) is 47.7 Å². The number of likely N-dealkylation sites (N-methyl/N-ethyl adjacent to an activating group) is 1. The van der Waals surface area contributed by atoms with Crippen molar-refractivity contribution in [3.8, 4) is 11.5 Å². The molecule has 2 aliphatic heterocycles. The molecule has 6 rings (SSSR count). The molecule has 11 heteroatoms. The van der Waals surface area contributed by atoms with Crippen molar-refractivity contribution in [1.29, 1.82) is 0 Å². The Kier molecular flexibility index (Phi) is 28.4. The fourth-order valence-corrected chi connectivity index (χ4v) is 11.6. The lowest BCUT2D eigenvalue weighted by Gasteiger charge is -2.33. The van der Waals surface area contributed by atoms with Gasteiger partial charge in [0, 0.05) is 78.4 Å². The molecule has 2 fully saturated rings. The smallest absolute Gasteiger partial charge is 0.412 e. The number of unbranched alkanes of at least 4 members (excludes halogenated alkanes) is 6. The minimum absolute atomic E-state index is 0.223. The first-order valence-corrected chi connectivity index (χ1v) is 31.0. The average Bonchev–Trinajstić information content (AvgIpc) is 3.76. The summed E-state index contributed by atoms with van der Waals surface area (Å²) in [7, 11) is 5.52. The Hall–Kier alpha value is -6.59. The van der Waals surface area contributed by atoms with Gasteiger partial charge in [-0.2, -0.15) is 0 Å². The van der Waals surface area contributed by atoms with Crippen LogP contribution < -0.4 is 9.47 Å². The summed E-state index contributed by atoms with van der Waals surface area (Å²) in [5.41, 5.74) is 4.35. The van der Waals surface area contributed by atoms with E-state index in [1.54, 1.807) is 19.1 Å². The molecular formula is C71H99N4O7+. The van der Waals surface area contributed by atoms with Gasteiger partial charge in [-0.1, -0.05) is 137 Å². The molecular weight excluding hydrogens is 1020 g/mol. The van der Waals surface area contributed by atoms with Crippen LogP contribution in [0.1, 0.15) is 173 Å². The molecule has 444 valence electrons. The number of hydrogen-bond acceptors (Lipinski definition) is 7. The van der Waals surface area contributed by atoms with E-state index in [9.17, 15) is 14.4 Å². The largest absolute Gasteiger partial charge is 0.497 e. The van der Waals surface area contributed by atoms with Gasteiger partial charge < -0.3 is 33.8 Å². The lowest BCUT2D eigenvalue weighted by molar-refractivity contribution is -0.847. The maximum Gasteiger partial charge on any atom is 0.412 e. The number of ether oxygens (including phenoxy) is 4. The number of aromatic amines is 2. The first kappa shape index (κ1) is 64.6. The van der Waals surface area contributed by atoms with E-state index < -0.39 is 6.09 Å². The number of amides is 2. The molecule has 0 aliphatic carbocycles. The predicted molar refractivity (Wildman–Crippen MR) is 338 cm³/mol. The van der Waals surface area contributed by atoms with Crippen LogP contribution in [0.25, 0.3) is 21.8 Å². The van der Waals surface area contributed by atoms with Crippen molar-refractivity contribution in [1.82, 2.24) is 14.9 Å². The van der Waals surface area contributed by atoms with Crippen LogP contribution in [-0.4, -0.2) is 91.1 Å². The topological polar surface area (TPSA) is 123 Å². The monoisotopic (exact) mass is 1120 g/mol. The Morgan fingerprint density at radius 2 is 1.20 bits per heavy atom. The van der Waals surface area contributed by atoms with Crippen LogP contribution in [0.15, 0.2) is 146 Å². The zero-order valence-corrected chi connectivity index (χ0v) is 50.6. The molecule has 2 saturated heterocycles. The summed E-state index contributed by atoms with van der Waals surface area (Å²) in [5, 5.41) is 2.29. The highest BCUT2D eigenvalue weighted by atomic mass is 16.7. The van der Waals surface area contributed by atoms with Gasteiger partial charge in [0.05, 0.1) is 34.2 Å². The summed E-state index contributed by atoms with van der Waals surface area (Å²) in [4.78, 5) is 47.0. The second-order valence-electron chi connectivity index (χ2n) is 23.1. The molecule has 2 aromatic carbocycles. The van der Waals surface area contributed by atoms with Gasteiger partial charge in [-0.25, -0.2) is 9.59 Å². The van der Waals surface area contributed by atoms with Crippen molar-refractivity contribution >= 4 is 39.8 Å². The number of rotatable bonds is 37. The second kappa shape index (κ2) is 36.1. The molecule has 2 aliphatic rings. The maximum absolute atomic E-state index is 13.5. The lowest BCUT2D eigenvalue weighted by Crippen LogP contribution is -2.53. The molecule has 2 amide bonds. The van der Waals surface area contributed by atoms with E-state index in [0.29, 0.717) is 42.4 Å². The Morgan fingerprint density at radius 3 is 1.84 bits per heavy atom. The fourth-order valence-electron chi connectivity index (χ4n) is 11.6. The number of carbonyl (C=O) groups is 3. The van der Waals surface area contributed by atoms with Crippen LogP contribution >= 0.6 is 0 Å². The summed E-state index contributed by atoms with van der Waals surface area (Å²) in [6.07, 6.45) is 63.5. The molecule has 2 aromatic heterocycles. The Bertz CT molecular complexity index is 2810. The fraction of sp³-hybridized carbons (Fsp3) is 0.507. The first-order valence-electron chi connectivity index (χ1n) is 31.0. The molecule has 4 unspecified atom stereocenters. The molecule has 4 aromatic rings. The van der Waals surface area contributed by atoms with E-state index >= 15 is 0 Å². The summed E-state index contributed by atoms with van der Waals surface area (Å²) in [6, 6.07) is 12.4. The highest BCUT2D eigenvalue weighted by Crippen LogP contribution is 2.39. The number of nitrogens with zero attached hydrogens (tertiary/aromatic N) is 2. The predicted octanol–water partition coefficient (Wildman–Crippen LogP) is 17.5. The van der Waals surface area contributed by atoms with Crippen molar-refractivity contribution in [2.45, 2.75) is 179 Å². The van der Waals surface area contributed by atoms with Crippen LogP contribution in [-0.2, 0) is 30.9 Å². The quantitative estimate of drug-likeness (QED) is 0.0152. The van der Waals surface area contributed by atoms with Gasteiger partial charge in [0.2, 0.25) is 6.79 Å². The zero-order chi connectivity index (χ0) is 58.1. The molecule has 0 bridgehead atoms. The Labute approximate surface area is 491 Å². The van der Waals surface area contributed by atoms with Gasteiger partial charge in [-0.15, -0.1) is 0 Å². The third-order valence-corrected chi connectivity index (χ3v) is 16.8. The first-order chi connectivity index (χ1) is 40.0. The van der Waals surface area contributed by atoms with E-state index in [2.05, 4.69) is 146 Å². The number of benzene rings is 2.